The molecule has 0 amide bonds. The molecule has 1 N–H and O–H groups in total. The Kier molecular flexibility index (Phi) is 8.04. The molecule has 1 aliphatic rings. The number of ether oxygens (including phenoxy) is 1. The van der Waals surface area contributed by atoms with Crippen molar-refractivity contribution >= 4 is 39.8 Å². The van der Waals surface area contributed by atoms with E-state index >= 15 is 0 Å². The van der Waals surface area contributed by atoms with Crippen LogP contribution in [0.3, 0.4) is 0 Å². The Bertz CT molecular complexity index is 1160. The summed E-state index contributed by atoms with van der Waals surface area (Å²) in [4.78, 5) is 27.7. The number of carbonyl (C=O) groups excluding carboxylic acids is 2. The number of para-hydroxylation sites is 2. The molecule has 32 heavy (non-hydrogen) atoms. The Morgan fingerprint density at radius 1 is 0.875 bits per heavy atom. The predicted octanol–water partition coefficient (Wildman–Crippen LogP) is 3.66. The monoisotopic (exact) mass is 500 g/mol. The van der Waals surface area contributed by atoms with Gasteiger partial charge in [-0.3, -0.25) is 10.2 Å². The molecule has 2 aromatic carbocycles. The zero-order valence-electron chi connectivity index (χ0n) is 18.3. The maximum atomic E-state index is 13.1. The lowest BCUT2D eigenvalue weighted by Gasteiger charge is -2.26. The molecule has 8 heteroatoms. The summed E-state index contributed by atoms with van der Waals surface area (Å²) in [6, 6.07) is 14.5. The number of nitrogens with one attached hydrogen (secondary N) is 1. The minimum atomic E-state index is -0.538. The first-order valence-electron chi connectivity index (χ1n) is 10.8. The maximum absolute atomic E-state index is 13.1. The summed E-state index contributed by atoms with van der Waals surface area (Å²) < 4.78 is 8.52. The van der Waals surface area contributed by atoms with Crippen LogP contribution in [0.2, 0.25) is 0 Å². The van der Waals surface area contributed by atoms with Crippen molar-refractivity contribution in [2.45, 2.75) is 32.4 Å². The Morgan fingerprint density at radius 2 is 1.47 bits per heavy atom. The molecule has 0 saturated carbocycles. The molecule has 0 unspecified atom stereocenters. The van der Waals surface area contributed by atoms with Crippen LogP contribution in [0.15, 0.2) is 48.5 Å². The summed E-state index contributed by atoms with van der Waals surface area (Å²) in [5, 5.41) is 8.79. The maximum Gasteiger partial charge on any atom is 0.338 e. The van der Waals surface area contributed by atoms with Crippen LogP contribution in [0.5, 0.6) is 0 Å². The summed E-state index contributed by atoms with van der Waals surface area (Å²) in [7, 11) is 1.30. The fourth-order valence-electron chi connectivity index (χ4n) is 4.35. The number of halogens is 1. The Balaban J connectivity index is 0.00000289. The van der Waals surface area contributed by atoms with E-state index in [9.17, 15) is 9.59 Å². The average Bonchev–Trinajstić information content (AvgIpc) is 3.08. The van der Waals surface area contributed by atoms with Gasteiger partial charge in [-0.2, -0.15) is 0 Å². The van der Waals surface area contributed by atoms with Gasteiger partial charge < -0.3 is 18.8 Å². The molecule has 2 heterocycles. The highest BCUT2D eigenvalue weighted by molar-refractivity contribution is 8.93. The number of carbonyl (C=O) groups is 2. The lowest BCUT2D eigenvalue weighted by atomic mass is 10.0. The van der Waals surface area contributed by atoms with Crippen molar-refractivity contribution in [2.75, 3.05) is 26.7 Å². The summed E-state index contributed by atoms with van der Waals surface area (Å²) in [6.07, 6.45) is 3.75. The van der Waals surface area contributed by atoms with Crippen LogP contribution in [0.1, 0.15) is 40.0 Å². The number of hydrogen-bond acceptors (Lipinski definition) is 5. The fourth-order valence-corrected chi connectivity index (χ4v) is 4.35. The van der Waals surface area contributed by atoms with Crippen molar-refractivity contribution in [3.8, 4) is 0 Å². The number of ketones is 1. The zero-order valence-corrected chi connectivity index (χ0v) is 20.0. The smallest absolute Gasteiger partial charge is 0.338 e. The summed E-state index contributed by atoms with van der Waals surface area (Å²) in [5.41, 5.74) is 2.64. The zero-order chi connectivity index (χ0) is 21.8. The average molecular weight is 501 g/mol. The standard InChI is InChI=1S/C24H28N4O3.BrH/c1-31-23(30)19-10-4-3-9-18(19)22(29)17-28-21-12-6-5-11-20(21)27(24(28)25)16-15-26-13-7-2-8-14-26;/h3-6,9-12,25H,2,7-8,13-17H2,1H3;1H. The third-order valence-corrected chi connectivity index (χ3v) is 6.00. The second-order valence-corrected chi connectivity index (χ2v) is 7.91. The van der Waals surface area contributed by atoms with Crippen molar-refractivity contribution < 1.29 is 14.3 Å². The Morgan fingerprint density at radius 3 is 2.12 bits per heavy atom. The lowest BCUT2D eigenvalue weighted by molar-refractivity contribution is 0.0596. The van der Waals surface area contributed by atoms with Gasteiger partial charge >= 0.3 is 5.97 Å². The van der Waals surface area contributed by atoms with Gasteiger partial charge in [0.15, 0.2) is 5.78 Å². The predicted molar refractivity (Wildman–Crippen MR) is 129 cm³/mol. The lowest BCUT2D eigenvalue weighted by Crippen LogP contribution is -2.35. The Hall–Kier alpha value is -2.71. The third-order valence-electron chi connectivity index (χ3n) is 6.00. The first kappa shape index (κ1) is 23.9. The van der Waals surface area contributed by atoms with E-state index in [4.69, 9.17) is 10.1 Å². The van der Waals surface area contributed by atoms with E-state index in [2.05, 4.69) is 4.90 Å². The van der Waals surface area contributed by atoms with Gasteiger partial charge in [0, 0.05) is 18.7 Å². The van der Waals surface area contributed by atoms with E-state index in [1.807, 2.05) is 28.8 Å². The van der Waals surface area contributed by atoms with E-state index in [0.717, 1.165) is 30.7 Å². The third kappa shape index (κ3) is 4.86. The molecular formula is C24H29BrN4O3. The fraction of sp³-hybridized carbons (Fsp3) is 0.375. The topological polar surface area (TPSA) is 80.3 Å². The quantitative estimate of drug-likeness (QED) is 0.396. The molecule has 1 aromatic heterocycles. The highest BCUT2D eigenvalue weighted by atomic mass is 79.9. The van der Waals surface area contributed by atoms with Crippen LogP contribution >= 0.6 is 17.0 Å². The first-order valence-corrected chi connectivity index (χ1v) is 10.8. The van der Waals surface area contributed by atoms with E-state index in [-0.39, 0.29) is 34.9 Å². The van der Waals surface area contributed by atoms with Crippen LogP contribution in [0.4, 0.5) is 0 Å². The van der Waals surface area contributed by atoms with Crippen molar-refractivity contribution in [3.63, 3.8) is 0 Å². The van der Waals surface area contributed by atoms with E-state index in [1.54, 1.807) is 28.8 Å². The minimum absolute atomic E-state index is 0. The first-order chi connectivity index (χ1) is 15.1. The SMILES string of the molecule is Br.COC(=O)c1ccccc1C(=O)Cn1c(=N)n(CCN2CCCCC2)c2ccccc21. The number of piperidine rings is 1. The van der Waals surface area contributed by atoms with E-state index < -0.39 is 5.97 Å². The summed E-state index contributed by atoms with van der Waals surface area (Å²) >= 11 is 0. The number of benzene rings is 2. The number of Topliss-reactive ketones (excluding diaryl/α,β-unsaturated/α-hetero) is 1. The van der Waals surface area contributed by atoms with E-state index in [0.29, 0.717) is 17.7 Å². The molecule has 0 radical (unpaired) electrons. The highest BCUT2D eigenvalue weighted by Crippen LogP contribution is 2.17. The number of nitrogens with zero attached hydrogens (tertiary/aromatic N) is 3. The number of esters is 1. The minimum Gasteiger partial charge on any atom is -0.465 e. The van der Waals surface area contributed by atoms with Gasteiger partial charge in [-0.05, 0) is 44.1 Å². The molecule has 0 bridgehead atoms. The van der Waals surface area contributed by atoms with Crippen LogP contribution < -0.4 is 5.62 Å². The number of aromatic nitrogens is 2. The normalized spacial score (nSPS) is 14.2. The Labute approximate surface area is 197 Å². The van der Waals surface area contributed by atoms with Gasteiger partial charge in [-0.15, -0.1) is 17.0 Å². The molecule has 1 fully saturated rings. The summed E-state index contributed by atoms with van der Waals surface area (Å²) in [6.45, 7) is 3.80. The van der Waals surface area contributed by atoms with Gasteiger partial charge in [0.2, 0.25) is 5.62 Å². The second kappa shape index (κ2) is 10.7. The molecule has 4 rings (SSSR count). The second-order valence-electron chi connectivity index (χ2n) is 7.91. The largest absolute Gasteiger partial charge is 0.465 e. The molecule has 0 atom stereocenters. The molecule has 1 saturated heterocycles. The van der Waals surface area contributed by atoms with E-state index in [1.165, 1.54) is 26.4 Å². The van der Waals surface area contributed by atoms with Crippen molar-refractivity contribution in [1.29, 1.82) is 5.41 Å². The van der Waals surface area contributed by atoms with Crippen LogP contribution in [-0.2, 0) is 17.8 Å². The molecule has 0 spiro atoms. The van der Waals surface area contributed by atoms with Crippen molar-refractivity contribution in [1.82, 2.24) is 14.0 Å². The molecule has 3 aromatic rings. The number of hydrogen-bond donors (Lipinski definition) is 1. The van der Waals surface area contributed by atoms with Gasteiger partial charge in [0.1, 0.15) is 0 Å². The van der Waals surface area contributed by atoms with Crippen LogP contribution in [-0.4, -0.2) is 52.5 Å². The number of rotatable bonds is 7. The number of imidazole rings is 1. The van der Waals surface area contributed by atoms with Crippen LogP contribution in [0, 0.1) is 5.41 Å². The highest BCUT2D eigenvalue weighted by Gasteiger charge is 2.20. The van der Waals surface area contributed by atoms with Gasteiger partial charge in [0.25, 0.3) is 0 Å². The number of likely N-dealkylation sites (tertiary alicyclic amines) is 1. The molecule has 7 nitrogen and oxygen atoms in total. The van der Waals surface area contributed by atoms with Gasteiger partial charge in [-0.1, -0.05) is 36.8 Å². The molecule has 1 aliphatic heterocycles. The van der Waals surface area contributed by atoms with Crippen molar-refractivity contribution in [3.05, 3.63) is 65.3 Å². The molecule has 0 aliphatic carbocycles. The van der Waals surface area contributed by atoms with Crippen LogP contribution in [0.25, 0.3) is 11.0 Å². The van der Waals surface area contributed by atoms with Gasteiger partial charge in [-0.25, -0.2) is 4.79 Å². The van der Waals surface area contributed by atoms with Gasteiger partial charge in [0.05, 0.1) is 30.3 Å². The molecule has 170 valence electrons. The van der Waals surface area contributed by atoms with Crippen molar-refractivity contribution in [2.24, 2.45) is 0 Å². The summed E-state index contributed by atoms with van der Waals surface area (Å²) in [5.74, 6) is -0.762. The number of fused-ring (bicyclic) bond motifs is 1. The number of methoxy groups -OCH3 is 1. The molecular weight excluding hydrogens is 472 g/mol.